The summed E-state index contributed by atoms with van der Waals surface area (Å²) in [6, 6.07) is 1.85. The maximum absolute atomic E-state index is 5.98. The second kappa shape index (κ2) is 4.18. The molecule has 1 saturated heterocycles. The molecule has 5 nitrogen and oxygen atoms in total. The number of hydrogen-bond acceptors (Lipinski definition) is 5. The minimum atomic E-state index is -0.415. The minimum Gasteiger partial charge on any atom is -0.473 e. The van der Waals surface area contributed by atoms with E-state index in [2.05, 4.69) is 10.2 Å². The van der Waals surface area contributed by atoms with Crippen LogP contribution in [0.5, 0.6) is 5.88 Å². The number of ether oxygens (including phenoxy) is 1. The summed E-state index contributed by atoms with van der Waals surface area (Å²) >= 11 is 0. The molecule has 0 N–H and O–H groups in total. The quantitative estimate of drug-likeness (QED) is 0.769. The maximum atomic E-state index is 5.98. The Labute approximate surface area is 113 Å². The van der Waals surface area contributed by atoms with Crippen molar-refractivity contribution in [1.29, 1.82) is 0 Å². The molecule has 19 heavy (non-hydrogen) atoms. The predicted molar refractivity (Wildman–Crippen MR) is 71.4 cm³/mol. The summed E-state index contributed by atoms with van der Waals surface area (Å²) in [5.74, 6) is 0.551. The van der Waals surface area contributed by atoms with Crippen molar-refractivity contribution in [3.05, 3.63) is 12.3 Å². The Morgan fingerprint density at radius 1 is 1.21 bits per heavy atom. The van der Waals surface area contributed by atoms with E-state index in [1.54, 1.807) is 6.20 Å². The molecule has 102 valence electrons. The Morgan fingerprint density at radius 3 is 2.42 bits per heavy atom. The number of nitrogens with zero attached hydrogens (tertiary/aromatic N) is 2. The van der Waals surface area contributed by atoms with Crippen LogP contribution in [0.2, 0.25) is 0 Å². The fourth-order valence-electron chi connectivity index (χ4n) is 1.88. The van der Waals surface area contributed by atoms with Crippen LogP contribution in [0.3, 0.4) is 0 Å². The third kappa shape index (κ3) is 2.47. The van der Waals surface area contributed by atoms with Crippen LogP contribution < -0.4 is 10.2 Å². The molecule has 0 spiro atoms. The fraction of sp³-hybridized carbons (Fsp3) is 0.692. The van der Waals surface area contributed by atoms with Crippen molar-refractivity contribution in [2.24, 2.45) is 0 Å². The Hall–Kier alpha value is -1.14. The second-order valence-corrected chi connectivity index (χ2v) is 6.23. The monoisotopic (exact) mass is 262 g/mol. The van der Waals surface area contributed by atoms with Gasteiger partial charge >= 0.3 is 7.12 Å². The van der Waals surface area contributed by atoms with E-state index in [-0.39, 0.29) is 11.2 Å². The summed E-state index contributed by atoms with van der Waals surface area (Å²) in [4.78, 5) is 0. The van der Waals surface area contributed by atoms with Gasteiger partial charge in [0.2, 0.25) is 5.88 Å². The Bertz CT molecular complexity index is 473. The van der Waals surface area contributed by atoms with Crippen molar-refractivity contribution in [3.8, 4) is 5.88 Å². The molecule has 3 rings (SSSR count). The van der Waals surface area contributed by atoms with Gasteiger partial charge in [0, 0.05) is 17.7 Å². The van der Waals surface area contributed by atoms with Gasteiger partial charge in [-0.25, -0.2) is 0 Å². The van der Waals surface area contributed by atoms with Gasteiger partial charge < -0.3 is 14.0 Å². The lowest BCUT2D eigenvalue weighted by Gasteiger charge is -2.32. The van der Waals surface area contributed by atoms with Gasteiger partial charge in [-0.2, -0.15) is 5.10 Å². The van der Waals surface area contributed by atoms with E-state index in [0.29, 0.717) is 12.0 Å². The van der Waals surface area contributed by atoms with Crippen molar-refractivity contribution >= 4 is 12.6 Å². The van der Waals surface area contributed by atoms with Crippen LogP contribution in [0.1, 0.15) is 40.5 Å². The van der Waals surface area contributed by atoms with Gasteiger partial charge in [-0.05, 0) is 40.5 Å². The summed E-state index contributed by atoms with van der Waals surface area (Å²) in [5.41, 5.74) is 0.154. The summed E-state index contributed by atoms with van der Waals surface area (Å²) in [5, 5.41) is 7.95. The zero-order valence-electron chi connectivity index (χ0n) is 11.8. The molecule has 1 aliphatic carbocycles. The van der Waals surface area contributed by atoms with Crippen molar-refractivity contribution < 1.29 is 14.0 Å². The van der Waals surface area contributed by atoms with Crippen molar-refractivity contribution in [2.45, 2.75) is 57.8 Å². The zero-order valence-corrected chi connectivity index (χ0v) is 11.8. The lowest BCUT2D eigenvalue weighted by Crippen LogP contribution is -2.41. The molecule has 2 heterocycles. The minimum absolute atomic E-state index is 0.308. The van der Waals surface area contributed by atoms with Crippen LogP contribution in [0.4, 0.5) is 0 Å². The highest BCUT2D eigenvalue weighted by Crippen LogP contribution is 2.36. The highest BCUT2D eigenvalue weighted by molar-refractivity contribution is 6.62. The first-order valence-electron chi connectivity index (χ1n) is 6.72. The molecule has 0 radical (unpaired) electrons. The number of rotatable bonds is 3. The SMILES string of the molecule is CC1(C)OB(c2cnnc(OC3CC3)c2)OC1(C)C. The van der Waals surface area contributed by atoms with Crippen LogP contribution in [-0.4, -0.2) is 34.6 Å². The van der Waals surface area contributed by atoms with Gasteiger partial charge in [0.1, 0.15) is 6.10 Å². The highest BCUT2D eigenvalue weighted by atomic mass is 16.7. The van der Waals surface area contributed by atoms with E-state index in [9.17, 15) is 0 Å². The van der Waals surface area contributed by atoms with Crippen LogP contribution in [0.25, 0.3) is 0 Å². The van der Waals surface area contributed by atoms with E-state index in [1.807, 2.05) is 33.8 Å². The Kier molecular flexibility index (Phi) is 2.83. The molecule has 0 atom stereocenters. The molecule has 2 fully saturated rings. The molecule has 0 bridgehead atoms. The molecule has 0 amide bonds. The van der Waals surface area contributed by atoms with Gasteiger partial charge in [0.15, 0.2) is 0 Å². The lowest BCUT2D eigenvalue weighted by molar-refractivity contribution is 0.00578. The van der Waals surface area contributed by atoms with E-state index >= 15 is 0 Å². The number of aromatic nitrogens is 2. The van der Waals surface area contributed by atoms with Crippen molar-refractivity contribution in [3.63, 3.8) is 0 Å². The lowest BCUT2D eigenvalue weighted by atomic mass is 9.81. The normalized spacial score (nSPS) is 24.5. The van der Waals surface area contributed by atoms with Gasteiger partial charge in [-0.1, -0.05) is 0 Å². The molecule has 6 heteroatoms. The van der Waals surface area contributed by atoms with Crippen LogP contribution >= 0.6 is 0 Å². The Balaban J connectivity index is 1.79. The summed E-state index contributed by atoms with van der Waals surface area (Å²) in [6.07, 6.45) is 4.18. The van der Waals surface area contributed by atoms with E-state index in [1.165, 1.54) is 0 Å². The highest BCUT2D eigenvalue weighted by Gasteiger charge is 2.52. The molecular formula is C13H19BN2O3. The largest absolute Gasteiger partial charge is 0.496 e. The third-order valence-electron chi connectivity index (χ3n) is 3.99. The topological polar surface area (TPSA) is 53.5 Å². The van der Waals surface area contributed by atoms with Gasteiger partial charge in [-0.15, -0.1) is 5.10 Å². The first-order chi connectivity index (χ1) is 8.87. The van der Waals surface area contributed by atoms with E-state index in [4.69, 9.17) is 14.0 Å². The van der Waals surface area contributed by atoms with Crippen LogP contribution in [0, 0.1) is 0 Å². The average molecular weight is 262 g/mol. The summed E-state index contributed by atoms with van der Waals surface area (Å²) in [7, 11) is -0.415. The zero-order chi connectivity index (χ0) is 13.7. The maximum Gasteiger partial charge on any atom is 0.496 e. The van der Waals surface area contributed by atoms with E-state index < -0.39 is 7.12 Å². The molecule has 1 aromatic rings. The van der Waals surface area contributed by atoms with Gasteiger partial charge in [-0.3, -0.25) is 0 Å². The Morgan fingerprint density at radius 2 is 1.84 bits per heavy atom. The fourth-order valence-corrected chi connectivity index (χ4v) is 1.88. The van der Waals surface area contributed by atoms with Crippen molar-refractivity contribution in [2.75, 3.05) is 0 Å². The number of hydrogen-bond donors (Lipinski definition) is 0. The van der Waals surface area contributed by atoms with Gasteiger partial charge in [0.05, 0.1) is 11.2 Å². The van der Waals surface area contributed by atoms with Crippen molar-refractivity contribution in [1.82, 2.24) is 10.2 Å². The molecule has 0 aromatic carbocycles. The molecule has 1 saturated carbocycles. The molecular weight excluding hydrogens is 243 g/mol. The summed E-state index contributed by atoms with van der Waals surface area (Å²) in [6.45, 7) is 8.12. The van der Waals surface area contributed by atoms with E-state index in [0.717, 1.165) is 18.3 Å². The van der Waals surface area contributed by atoms with Crippen LogP contribution in [0.15, 0.2) is 12.3 Å². The molecule has 0 unspecified atom stereocenters. The molecule has 1 aromatic heterocycles. The first kappa shape index (κ1) is 12.9. The molecule has 2 aliphatic rings. The molecule has 1 aliphatic heterocycles. The predicted octanol–water partition coefficient (Wildman–Crippen LogP) is 1.32. The van der Waals surface area contributed by atoms with Gasteiger partial charge in [0.25, 0.3) is 0 Å². The van der Waals surface area contributed by atoms with Crippen LogP contribution in [-0.2, 0) is 9.31 Å². The average Bonchev–Trinajstić information content (AvgIpc) is 3.07. The first-order valence-corrected chi connectivity index (χ1v) is 6.72. The standard InChI is InChI=1S/C13H19BN2O3/c1-12(2)13(3,4)19-14(18-12)9-7-11(16-15-8-9)17-10-5-6-10/h7-8,10H,5-6H2,1-4H3. The second-order valence-electron chi connectivity index (χ2n) is 6.23. The summed E-state index contributed by atoms with van der Waals surface area (Å²) < 4.78 is 17.6. The third-order valence-corrected chi connectivity index (χ3v) is 3.99. The smallest absolute Gasteiger partial charge is 0.473 e.